The standard InChI is InChI=1S/C26H25ClFN5O5/c1-15(25(35)36)13-33-24(34)11-22(32(26(33)37)14-17-3-5-18(27)6-4-17)31-21-9-8-20(16(2)30-21)38-23-10-7-19(28)12-29-23/h3-10,12,15,22H,11,13-14H2,1-2H3,(H,30,31)(H,35,36)/t15-,22?/m0/s1. The second-order valence-corrected chi connectivity index (χ2v) is 9.28. The normalized spacial score (nSPS) is 16.4. The summed E-state index contributed by atoms with van der Waals surface area (Å²) in [7, 11) is 0. The highest BCUT2D eigenvalue weighted by molar-refractivity contribution is 6.30. The van der Waals surface area contributed by atoms with Crippen molar-refractivity contribution in [1.29, 1.82) is 0 Å². The molecule has 2 aromatic heterocycles. The number of carbonyl (C=O) groups excluding carboxylic acids is 2. The van der Waals surface area contributed by atoms with Crippen molar-refractivity contribution in [3.8, 4) is 11.6 Å². The average molecular weight is 542 g/mol. The fraction of sp³-hybridized carbons (Fsp3) is 0.269. The number of pyridine rings is 2. The first-order valence-electron chi connectivity index (χ1n) is 11.7. The summed E-state index contributed by atoms with van der Waals surface area (Å²) >= 11 is 5.99. The third kappa shape index (κ3) is 6.35. The molecular formula is C26H25ClFN5O5. The molecule has 1 aromatic carbocycles. The highest BCUT2D eigenvalue weighted by Gasteiger charge is 2.40. The number of aryl methyl sites for hydroxylation is 1. The quantitative estimate of drug-likeness (QED) is 0.400. The minimum Gasteiger partial charge on any atom is -0.481 e. The van der Waals surface area contributed by atoms with Gasteiger partial charge in [0.15, 0.2) is 5.75 Å². The second kappa shape index (κ2) is 11.4. The predicted molar refractivity (Wildman–Crippen MR) is 136 cm³/mol. The van der Waals surface area contributed by atoms with Crippen molar-refractivity contribution in [3.05, 3.63) is 76.8 Å². The number of nitrogens with one attached hydrogen (secondary N) is 1. The van der Waals surface area contributed by atoms with Gasteiger partial charge < -0.3 is 15.2 Å². The van der Waals surface area contributed by atoms with Crippen LogP contribution in [0.15, 0.2) is 54.7 Å². The maximum Gasteiger partial charge on any atom is 0.328 e. The van der Waals surface area contributed by atoms with E-state index in [1.807, 2.05) is 0 Å². The van der Waals surface area contributed by atoms with E-state index in [2.05, 4.69) is 15.3 Å². The van der Waals surface area contributed by atoms with Gasteiger partial charge in [-0.15, -0.1) is 0 Å². The minimum absolute atomic E-state index is 0.0931. The molecule has 1 saturated heterocycles. The van der Waals surface area contributed by atoms with Crippen molar-refractivity contribution < 1.29 is 28.6 Å². The van der Waals surface area contributed by atoms with Crippen molar-refractivity contribution in [1.82, 2.24) is 19.8 Å². The van der Waals surface area contributed by atoms with Crippen molar-refractivity contribution in [2.45, 2.75) is 33.0 Å². The molecule has 3 amide bonds. The number of carboxylic acids is 1. The van der Waals surface area contributed by atoms with Crippen molar-refractivity contribution in [3.63, 3.8) is 0 Å². The summed E-state index contributed by atoms with van der Waals surface area (Å²) in [5.74, 6) is -2.01. The summed E-state index contributed by atoms with van der Waals surface area (Å²) < 4.78 is 18.8. The number of urea groups is 1. The van der Waals surface area contributed by atoms with Gasteiger partial charge in [0.25, 0.3) is 0 Å². The molecule has 3 aromatic rings. The summed E-state index contributed by atoms with van der Waals surface area (Å²) in [6, 6.07) is 12.2. The molecule has 1 fully saturated rings. The van der Waals surface area contributed by atoms with Gasteiger partial charge in [-0.05, 0) is 42.8 Å². The van der Waals surface area contributed by atoms with Crippen LogP contribution < -0.4 is 10.1 Å². The monoisotopic (exact) mass is 541 g/mol. The van der Waals surface area contributed by atoms with E-state index in [9.17, 15) is 23.9 Å². The Morgan fingerprint density at radius 3 is 2.58 bits per heavy atom. The lowest BCUT2D eigenvalue weighted by atomic mass is 10.1. The van der Waals surface area contributed by atoms with Crippen molar-refractivity contribution in [2.24, 2.45) is 5.92 Å². The van der Waals surface area contributed by atoms with E-state index in [4.69, 9.17) is 16.3 Å². The van der Waals surface area contributed by atoms with Gasteiger partial charge in [0, 0.05) is 24.2 Å². The van der Waals surface area contributed by atoms with E-state index < -0.39 is 35.8 Å². The highest BCUT2D eigenvalue weighted by Crippen LogP contribution is 2.27. The third-order valence-electron chi connectivity index (χ3n) is 5.93. The molecule has 0 radical (unpaired) electrons. The summed E-state index contributed by atoms with van der Waals surface area (Å²) in [6.07, 6.45) is 0.199. The van der Waals surface area contributed by atoms with Gasteiger partial charge in [-0.1, -0.05) is 30.7 Å². The number of hydrogen-bond donors (Lipinski definition) is 2. The summed E-state index contributed by atoms with van der Waals surface area (Å²) in [6.45, 7) is 3.06. The molecule has 1 unspecified atom stereocenters. The van der Waals surface area contributed by atoms with E-state index in [0.29, 0.717) is 22.3 Å². The zero-order chi connectivity index (χ0) is 27.4. The van der Waals surface area contributed by atoms with Gasteiger partial charge >= 0.3 is 12.0 Å². The molecule has 12 heteroatoms. The van der Waals surface area contributed by atoms with Gasteiger partial charge in [-0.2, -0.15) is 0 Å². The largest absolute Gasteiger partial charge is 0.481 e. The number of benzene rings is 1. The fourth-order valence-corrected chi connectivity index (χ4v) is 3.97. The number of carbonyl (C=O) groups is 3. The lowest BCUT2D eigenvalue weighted by molar-refractivity contribution is -0.143. The first kappa shape index (κ1) is 26.8. The zero-order valence-corrected chi connectivity index (χ0v) is 21.4. The van der Waals surface area contributed by atoms with Crippen LogP contribution >= 0.6 is 11.6 Å². The first-order chi connectivity index (χ1) is 18.1. The van der Waals surface area contributed by atoms with E-state index >= 15 is 0 Å². The molecule has 0 aliphatic carbocycles. The van der Waals surface area contributed by atoms with Gasteiger partial charge in [0.05, 0.1) is 24.2 Å². The molecule has 1 aliphatic rings. The van der Waals surface area contributed by atoms with Crippen molar-refractivity contribution >= 4 is 35.3 Å². The first-order valence-corrected chi connectivity index (χ1v) is 12.1. The van der Waals surface area contributed by atoms with Crippen LogP contribution in [-0.2, 0) is 16.1 Å². The fourth-order valence-electron chi connectivity index (χ4n) is 3.85. The molecule has 38 heavy (non-hydrogen) atoms. The SMILES string of the molecule is Cc1nc(NC2CC(=O)N(C[C@H](C)C(=O)O)C(=O)N2Cc2ccc(Cl)cc2)ccc1Oc1ccc(F)cn1. The molecule has 198 valence electrons. The lowest BCUT2D eigenvalue weighted by Crippen LogP contribution is -2.59. The number of aliphatic carboxylic acids is 1. The maximum absolute atomic E-state index is 13.4. The van der Waals surface area contributed by atoms with Gasteiger partial charge in [-0.25, -0.2) is 19.2 Å². The smallest absolute Gasteiger partial charge is 0.328 e. The zero-order valence-electron chi connectivity index (χ0n) is 20.6. The number of anilines is 1. The van der Waals surface area contributed by atoms with Gasteiger partial charge in [0.2, 0.25) is 11.8 Å². The highest BCUT2D eigenvalue weighted by atomic mass is 35.5. The number of nitrogens with zero attached hydrogens (tertiary/aromatic N) is 4. The number of hydrogen-bond acceptors (Lipinski definition) is 7. The Balaban J connectivity index is 1.55. The van der Waals surface area contributed by atoms with E-state index in [1.165, 1.54) is 24.0 Å². The number of halogens is 2. The molecular weight excluding hydrogens is 517 g/mol. The van der Waals surface area contributed by atoms with Crippen LogP contribution in [0.25, 0.3) is 0 Å². The molecule has 0 bridgehead atoms. The predicted octanol–water partition coefficient (Wildman–Crippen LogP) is 4.68. The number of ether oxygens (including phenoxy) is 1. The Bertz CT molecular complexity index is 1340. The number of aromatic nitrogens is 2. The van der Waals surface area contributed by atoms with Gasteiger partial charge in [-0.3, -0.25) is 19.4 Å². The molecule has 1 aliphatic heterocycles. The maximum atomic E-state index is 13.4. The Kier molecular flexibility index (Phi) is 8.06. The number of imide groups is 1. The lowest BCUT2D eigenvalue weighted by Gasteiger charge is -2.41. The number of amides is 3. The Morgan fingerprint density at radius 2 is 1.95 bits per heavy atom. The third-order valence-corrected chi connectivity index (χ3v) is 6.18. The average Bonchev–Trinajstić information content (AvgIpc) is 2.88. The van der Waals surface area contributed by atoms with Crippen LogP contribution in [0.2, 0.25) is 5.02 Å². The molecule has 0 spiro atoms. The Labute approximate surface area is 223 Å². The minimum atomic E-state index is -1.10. The summed E-state index contributed by atoms with van der Waals surface area (Å²) in [4.78, 5) is 48.5. The number of rotatable bonds is 9. The van der Waals surface area contributed by atoms with Crippen LogP contribution in [0.3, 0.4) is 0 Å². The van der Waals surface area contributed by atoms with Crippen LogP contribution in [-0.4, -0.2) is 55.5 Å². The molecule has 10 nitrogen and oxygen atoms in total. The molecule has 0 saturated carbocycles. The van der Waals surface area contributed by atoms with E-state index in [0.717, 1.165) is 16.7 Å². The molecule has 3 heterocycles. The van der Waals surface area contributed by atoms with Gasteiger partial charge in [0.1, 0.15) is 17.8 Å². The van der Waals surface area contributed by atoms with Crippen molar-refractivity contribution in [2.75, 3.05) is 11.9 Å². The number of carboxylic acid groups (broad SMARTS) is 1. The molecule has 2 atom stereocenters. The second-order valence-electron chi connectivity index (χ2n) is 8.84. The van der Waals surface area contributed by atoms with E-state index in [-0.39, 0.29) is 25.4 Å². The Morgan fingerprint density at radius 1 is 1.21 bits per heavy atom. The van der Waals surface area contributed by atoms with Crippen LogP contribution in [0, 0.1) is 18.7 Å². The molecule has 2 N–H and O–H groups in total. The summed E-state index contributed by atoms with van der Waals surface area (Å²) in [5, 5.41) is 13.0. The molecule has 4 rings (SSSR count). The topological polar surface area (TPSA) is 125 Å². The van der Waals surface area contributed by atoms with Crippen LogP contribution in [0.5, 0.6) is 11.6 Å². The van der Waals surface area contributed by atoms with Crippen LogP contribution in [0.4, 0.5) is 15.0 Å². The summed E-state index contributed by atoms with van der Waals surface area (Å²) in [5.41, 5.74) is 1.27. The van der Waals surface area contributed by atoms with Crippen LogP contribution in [0.1, 0.15) is 24.6 Å². The Hall–Kier alpha value is -4.25. The van der Waals surface area contributed by atoms with E-state index in [1.54, 1.807) is 43.3 Å².